The van der Waals surface area contributed by atoms with Crippen LogP contribution in [0.25, 0.3) is 0 Å². The van der Waals surface area contributed by atoms with Crippen molar-refractivity contribution >= 4 is 52.2 Å². The zero-order valence-corrected chi connectivity index (χ0v) is 23.0. The highest BCUT2D eigenvalue weighted by atomic mass is 35.5. The van der Waals surface area contributed by atoms with E-state index >= 15 is 0 Å². The quantitative estimate of drug-likeness (QED) is 0.262. The molecule has 0 bridgehead atoms. The number of benzene rings is 2. The molecule has 0 aliphatic carbocycles. The molecule has 7 nitrogen and oxygen atoms in total. The summed E-state index contributed by atoms with van der Waals surface area (Å²) in [6.45, 7) is 13.3. The molecule has 9 heteroatoms. The highest BCUT2D eigenvalue weighted by Crippen LogP contribution is 2.25. The predicted molar refractivity (Wildman–Crippen MR) is 155 cm³/mol. The van der Waals surface area contributed by atoms with Crippen molar-refractivity contribution in [1.82, 2.24) is 14.9 Å². The van der Waals surface area contributed by atoms with Gasteiger partial charge < -0.3 is 15.1 Å². The van der Waals surface area contributed by atoms with Crippen LogP contribution in [0.1, 0.15) is 28.1 Å². The van der Waals surface area contributed by atoms with E-state index in [2.05, 4.69) is 69.4 Å². The van der Waals surface area contributed by atoms with Gasteiger partial charge in [0.05, 0.1) is 0 Å². The Morgan fingerprint density at radius 1 is 0.861 bits per heavy atom. The molecule has 2 heterocycles. The molecule has 0 saturated carbocycles. The molecule has 1 fully saturated rings. The number of hydrogen-bond acceptors (Lipinski definition) is 4. The van der Waals surface area contributed by atoms with E-state index in [9.17, 15) is 0 Å². The van der Waals surface area contributed by atoms with Crippen molar-refractivity contribution in [3.8, 4) is 0 Å². The summed E-state index contributed by atoms with van der Waals surface area (Å²) in [7, 11) is 0. The first kappa shape index (κ1) is 25.9. The van der Waals surface area contributed by atoms with Crippen LogP contribution in [-0.2, 0) is 0 Å². The monoisotopic (exact) mass is 521 g/mol. The van der Waals surface area contributed by atoms with Crippen LogP contribution in [0.5, 0.6) is 0 Å². The summed E-state index contributed by atoms with van der Waals surface area (Å²) in [5.41, 5.74) is 7.42. The van der Waals surface area contributed by atoms with Gasteiger partial charge in [0.1, 0.15) is 0 Å². The topological polar surface area (TPSA) is 68.7 Å². The average molecular weight is 522 g/mol. The van der Waals surface area contributed by atoms with Crippen LogP contribution < -0.4 is 15.5 Å². The Kier molecular flexibility index (Phi) is 8.06. The Labute approximate surface area is 223 Å². The van der Waals surface area contributed by atoms with Gasteiger partial charge in [-0.1, -0.05) is 35.4 Å². The zero-order valence-electron chi connectivity index (χ0n) is 21.4. The number of nitrogens with zero attached hydrogens (tertiary/aromatic N) is 5. The van der Waals surface area contributed by atoms with Gasteiger partial charge >= 0.3 is 0 Å². The first-order valence-corrected chi connectivity index (χ1v) is 12.8. The van der Waals surface area contributed by atoms with Crippen LogP contribution in [0.15, 0.2) is 47.5 Å². The standard InChI is InChI=1S/C27H32ClN7S/c1-17-6-9-23(19(3)14-17)31-27(36)33-26(32-25-29-20(4)15-21(5)30-25)35-12-10-34(11-13-35)24-16-22(28)8-7-18(24)2/h6-9,14-16H,10-13H2,1-5H3,(H2,29,30,31,32,33,36). The van der Waals surface area contributed by atoms with Crippen molar-refractivity contribution in [3.63, 3.8) is 0 Å². The molecule has 188 valence electrons. The van der Waals surface area contributed by atoms with E-state index in [-0.39, 0.29) is 0 Å². The highest BCUT2D eigenvalue weighted by molar-refractivity contribution is 7.80. The zero-order chi connectivity index (χ0) is 25.8. The van der Waals surface area contributed by atoms with Crippen LogP contribution in [0.2, 0.25) is 5.02 Å². The second-order valence-electron chi connectivity index (χ2n) is 9.19. The summed E-state index contributed by atoms with van der Waals surface area (Å²) >= 11 is 11.9. The normalized spacial score (nSPS) is 14.1. The summed E-state index contributed by atoms with van der Waals surface area (Å²) in [5, 5.41) is 7.73. The smallest absolute Gasteiger partial charge is 0.229 e. The molecule has 0 radical (unpaired) electrons. The number of hydrogen-bond donors (Lipinski definition) is 2. The van der Waals surface area contributed by atoms with Gasteiger partial charge in [-0.2, -0.15) is 4.99 Å². The second kappa shape index (κ2) is 11.2. The minimum absolute atomic E-state index is 0.377. The van der Waals surface area contributed by atoms with E-state index in [1.54, 1.807) is 0 Å². The second-order valence-corrected chi connectivity index (χ2v) is 10.0. The van der Waals surface area contributed by atoms with Crippen molar-refractivity contribution in [2.24, 2.45) is 4.99 Å². The summed E-state index contributed by atoms with van der Waals surface area (Å²) < 4.78 is 0. The maximum atomic E-state index is 6.27. The van der Waals surface area contributed by atoms with E-state index in [0.717, 1.165) is 53.8 Å². The lowest BCUT2D eigenvalue weighted by Crippen LogP contribution is -2.51. The molecule has 1 saturated heterocycles. The van der Waals surface area contributed by atoms with Crippen molar-refractivity contribution < 1.29 is 0 Å². The summed E-state index contributed by atoms with van der Waals surface area (Å²) in [4.78, 5) is 18.4. The number of halogens is 1. The van der Waals surface area contributed by atoms with E-state index in [1.165, 1.54) is 16.8 Å². The minimum Gasteiger partial charge on any atom is -0.368 e. The number of anilines is 3. The van der Waals surface area contributed by atoms with E-state index in [4.69, 9.17) is 28.8 Å². The molecule has 1 aliphatic rings. The fourth-order valence-electron chi connectivity index (χ4n) is 4.34. The first-order chi connectivity index (χ1) is 17.2. The Bertz CT molecular complexity index is 1280. The molecule has 0 spiro atoms. The molecule has 0 atom stereocenters. The molecule has 0 amide bonds. The first-order valence-electron chi connectivity index (χ1n) is 12.0. The van der Waals surface area contributed by atoms with Gasteiger partial charge in [0.15, 0.2) is 0 Å². The van der Waals surface area contributed by atoms with E-state index in [1.807, 2.05) is 38.1 Å². The number of thiocarbonyl (C=S) groups is 1. The molecule has 0 unspecified atom stereocenters. The van der Waals surface area contributed by atoms with Crippen LogP contribution in [0.3, 0.4) is 0 Å². The predicted octanol–water partition coefficient (Wildman–Crippen LogP) is 5.66. The van der Waals surface area contributed by atoms with Gasteiger partial charge in [-0.05, 0) is 82.2 Å². The molecular formula is C27H32ClN7S. The SMILES string of the molecule is Cc1ccc(NC(=S)/N=C(/Nc2nc(C)cc(C)n2)N2CCN(c3cc(Cl)ccc3C)CC2)c(C)c1. The minimum atomic E-state index is 0.377. The highest BCUT2D eigenvalue weighted by Gasteiger charge is 2.22. The van der Waals surface area contributed by atoms with Crippen molar-refractivity contribution in [2.75, 3.05) is 41.7 Å². The third-order valence-corrected chi connectivity index (χ3v) is 6.56. The number of aromatic nitrogens is 2. The maximum Gasteiger partial charge on any atom is 0.229 e. The molecule has 2 aromatic carbocycles. The van der Waals surface area contributed by atoms with Crippen molar-refractivity contribution in [1.29, 1.82) is 0 Å². The van der Waals surface area contributed by atoms with Gasteiger partial charge in [-0.25, -0.2) is 9.97 Å². The molecule has 1 aromatic heterocycles. The number of guanidine groups is 1. The van der Waals surface area contributed by atoms with Crippen molar-refractivity contribution in [3.05, 3.63) is 75.6 Å². The van der Waals surface area contributed by atoms with Crippen LogP contribution >= 0.6 is 23.8 Å². The molecule has 3 aromatic rings. The lowest BCUT2D eigenvalue weighted by atomic mass is 10.1. The Hall–Kier alpha value is -3.23. The molecule has 4 rings (SSSR count). The van der Waals surface area contributed by atoms with Gasteiger partial charge in [-0.15, -0.1) is 0 Å². The molecular weight excluding hydrogens is 490 g/mol. The largest absolute Gasteiger partial charge is 0.368 e. The lowest BCUT2D eigenvalue weighted by Gasteiger charge is -2.38. The number of nitrogens with one attached hydrogen (secondary N) is 2. The number of piperazine rings is 1. The number of rotatable bonds is 3. The summed E-state index contributed by atoms with van der Waals surface area (Å²) in [5.74, 6) is 1.14. The summed E-state index contributed by atoms with van der Waals surface area (Å²) in [6, 6.07) is 14.2. The Morgan fingerprint density at radius 2 is 1.56 bits per heavy atom. The lowest BCUT2D eigenvalue weighted by molar-refractivity contribution is 0.385. The molecule has 2 N–H and O–H groups in total. The number of aryl methyl sites for hydroxylation is 5. The summed E-state index contributed by atoms with van der Waals surface area (Å²) in [6.07, 6.45) is 0. The fraction of sp³-hybridized carbons (Fsp3) is 0.333. The van der Waals surface area contributed by atoms with Gasteiger partial charge in [0.25, 0.3) is 0 Å². The Balaban J connectivity index is 1.56. The van der Waals surface area contributed by atoms with E-state index in [0.29, 0.717) is 17.0 Å². The van der Waals surface area contributed by atoms with E-state index < -0.39 is 0 Å². The van der Waals surface area contributed by atoms with Crippen molar-refractivity contribution in [2.45, 2.75) is 34.6 Å². The van der Waals surface area contributed by atoms with Gasteiger partial charge in [-0.3, -0.25) is 5.32 Å². The van der Waals surface area contributed by atoms with Crippen LogP contribution in [0.4, 0.5) is 17.3 Å². The average Bonchev–Trinajstić information content (AvgIpc) is 2.81. The third-order valence-electron chi connectivity index (χ3n) is 6.13. The fourth-order valence-corrected chi connectivity index (χ4v) is 4.70. The Morgan fingerprint density at radius 3 is 2.22 bits per heavy atom. The molecule has 36 heavy (non-hydrogen) atoms. The van der Waals surface area contributed by atoms with Crippen LogP contribution in [0, 0.1) is 34.6 Å². The number of aliphatic imine (C=N–C) groups is 1. The van der Waals surface area contributed by atoms with Gasteiger partial charge in [0, 0.05) is 54.0 Å². The van der Waals surface area contributed by atoms with Crippen LogP contribution in [-0.4, -0.2) is 52.1 Å². The maximum absolute atomic E-state index is 6.27. The van der Waals surface area contributed by atoms with Gasteiger partial charge in [0.2, 0.25) is 17.0 Å². The third kappa shape index (κ3) is 6.50. The molecule has 1 aliphatic heterocycles.